The molecule has 1 heterocycles. The van der Waals surface area contributed by atoms with Crippen LogP contribution in [0.4, 0.5) is 0 Å². The third-order valence-corrected chi connectivity index (χ3v) is 2.82. The number of nitrogens with zero attached hydrogens (tertiary/aromatic N) is 1. The predicted octanol–water partition coefficient (Wildman–Crippen LogP) is 3.84. The minimum absolute atomic E-state index is 0.0579. The third-order valence-electron chi connectivity index (χ3n) is 2.16. The summed E-state index contributed by atoms with van der Waals surface area (Å²) in [7, 11) is 0. The van der Waals surface area contributed by atoms with E-state index in [1.54, 1.807) is 12.1 Å². The molecule has 2 rings (SSSR count). The van der Waals surface area contributed by atoms with Gasteiger partial charge in [-0.25, -0.2) is 4.98 Å². The number of pyridine rings is 1. The fraction of sp³-hybridized carbons (Fsp3) is 0.0769. The van der Waals surface area contributed by atoms with Gasteiger partial charge in [0.05, 0.1) is 10.7 Å². The molecule has 86 valence electrons. The smallest absolute Gasteiger partial charge is 0.178 e. The first-order valence-electron chi connectivity index (χ1n) is 5.06. The van der Waals surface area contributed by atoms with E-state index in [0.717, 1.165) is 4.47 Å². The van der Waals surface area contributed by atoms with E-state index in [9.17, 15) is 4.79 Å². The van der Waals surface area contributed by atoms with Gasteiger partial charge in [-0.05, 0) is 40.2 Å². The van der Waals surface area contributed by atoms with Crippen molar-refractivity contribution in [3.05, 3.63) is 52.8 Å². The molecule has 0 radical (unpaired) electrons. The number of aromatic nitrogens is 1. The largest absolute Gasteiger partial charge is 0.455 e. The first kappa shape index (κ1) is 11.8. The summed E-state index contributed by atoms with van der Waals surface area (Å²) in [6.45, 7) is 1.48. The fourth-order valence-electron chi connectivity index (χ4n) is 1.30. The number of carbonyl (C=O) groups excluding carboxylic acids is 1. The molecule has 0 spiro atoms. The Labute approximate surface area is 108 Å². The summed E-state index contributed by atoms with van der Waals surface area (Å²) in [5.74, 6) is 1.25. The quantitative estimate of drug-likeness (QED) is 0.807. The average molecular weight is 292 g/mol. The number of benzene rings is 1. The van der Waals surface area contributed by atoms with Crippen LogP contribution in [0.3, 0.4) is 0 Å². The van der Waals surface area contributed by atoms with E-state index in [2.05, 4.69) is 20.9 Å². The first-order valence-corrected chi connectivity index (χ1v) is 5.85. The summed E-state index contributed by atoms with van der Waals surface area (Å²) in [4.78, 5) is 15.1. The Bertz CT molecular complexity index is 537. The van der Waals surface area contributed by atoms with Crippen LogP contribution in [0.1, 0.15) is 17.4 Å². The highest BCUT2D eigenvalue weighted by atomic mass is 79.9. The number of hydrogen-bond acceptors (Lipinski definition) is 3. The molecule has 0 aliphatic rings. The van der Waals surface area contributed by atoms with Gasteiger partial charge in [-0.15, -0.1) is 0 Å². The number of halogens is 1. The predicted molar refractivity (Wildman–Crippen MR) is 68.5 cm³/mol. The van der Waals surface area contributed by atoms with Crippen molar-refractivity contribution in [2.45, 2.75) is 6.92 Å². The number of Topliss-reactive ketones (excluding diaryl/α,β-unsaturated/α-hetero) is 1. The zero-order valence-electron chi connectivity index (χ0n) is 9.18. The van der Waals surface area contributed by atoms with E-state index in [0.29, 0.717) is 17.2 Å². The topological polar surface area (TPSA) is 39.2 Å². The van der Waals surface area contributed by atoms with Gasteiger partial charge in [-0.1, -0.05) is 12.1 Å². The van der Waals surface area contributed by atoms with Crippen molar-refractivity contribution in [3.8, 4) is 11.5 Å². The highest BCUT2D eigenvalue weighted by Gasteiger charge is 2.04. The lowest BCUT2D eigenvalue weighted by atomic mass is 10.3. The Balaban J connectivity index is 2.20. The van der Waals surface area contributed by atoms with Crippen LogP contribution in [0.15, 0.2) is 47.1 Å². The number of rotatable bonds is 3. The van der Waals surface area contributed by atoms with E-state index in [1.807, 2.05) is 24.3 Å². The van der Waals surface area contributed by atoms with E-state index >= 15 is 0 Å². The van der Waals surface area contributed by atoms with E-state index < -0.39 is 0 Å². The molecule has 3 nitrogen and oxygen atoms in total. The van der Waals surface area contributed by atoms with Crippen LogP contribution in [-0.4, -0.2) is 10.8 Å². The zero-order chi connectivity index (χ0) is 12.3. The van der Waals surface area contributed by atoms with Gasteiger partial charge in [0.15, 0.2) is 5.78 Å². The Kier molecular flexibility index (Phi) is 3.54. The van der Waals surface area contributed by atoms with Gasteiger partial charge in [-0.2, -0.15) is 0 Å². The standard InChI is InChI=1S/C13H10BrNO2/c1-9(16)12-7-6-10(8-15-12)17-13-5-3-2-4-11(13)14/h2-8H,1H3. The second-order valence-corrected chi connectivity index (χ2v) is 4.32. The molecule has 0 fully saturated rings. The Hall–Kier alpha value is -1.68. The van der Waals surface area contributed by atoms with Gasteiger partial charge in [0.25, 0.3) is 0 Å². The number of carbonyl (C=O) groups is 1. The van der Waals surface area contributed by atoms with Crippen LogP contribution in [0.2, 0.25) is 0 Å². The van der Waals surface area contributed by atoms with Crippen molar-refractivity contribution < 1.29 is 9.53 Å². The summed E-state index contributed by atoms with van der Waals surface area (Å²) >= 11 is 3.39. The molecule has 0 unspecified atom stereocenters. The van der Waals surface area contributed by atoms with Crippen molar-refractivity contribution in [2.24, 2.45) is 0 Å². The molecule has 0 bridgehead atoms. The molecular weight excluding hydrogens is 282 g/mol. The van der Waals surface area contributed by atoms with Gasteiger partial charge in [0.2, 0.25) is 0 Å². The van der Waals surface area contributed by atoms with E-state index in [4.69, 9.17) is 4.74 Å². The van der Waals surface area contributed by atoms with Crippen molar-refractivity contribution in [1.82, 2.24) is 4.98 Å². The van der Waals surface area contributed by atoms with E-state index in [-0.39, 0.29) is 5.78 Å². The summed E-state index contributed by atoms with van der Waals surface area (Å²) in [6.07, 6.45) is 1.54. The highest BCUT2D eigenvalue weighted by Crippen LogP contribution is 2.28. The molecule has 0 atom stereocenters. The number of ketones is 1. The maximum absolute atomic E-state index is 11.1. The normalized spacial score (nSPS) is 10.0. The molecule has 0 N–H and O–H groups in total. The molecule has 0 saturated heterocycles. The van der Waals surface area contributed by atoms with Crippen molar-refractivity contribution in [2.75, 3.05) is 0 Å². The van der Waals surface area contributed by atoms with Crippen molar-refractivity contribution >= 4 is 21.7 Å². The number of hydrogen-bond donors (Lipinski definition) is 0. The molecule has 0 aliphatic heterocycles. The molecule has 17 heavy (non-hydrogen) atoms. The second-order valence-electron chi connectivity index (χ2n) is 3.47. The second kappa shape index (κ2) is 5.10. The summed E-state index contributed by atoms with van der Waals surface area (Å²) in [6, 6.07) is 10.9. The Morgan fingerprint density at radius 3 is 2.59 bits per heavy atom. The fourth-order valence-corrected chi connectivity index (χ4v) is 1.67. The number of para-hydroxylation sites is 1. The van der Waals surface area contributed by atoms with Crippen LogP contribution >= 0.6 is 15.9 Å². The van der Waals surface area contributed by atoms with Crippen LogP contribution in [0.5, 0.6) is 11.5 Å². The van der Waals surface area contributed by atoms with Gasteiger partial charge in [0.1, 0.15) is 17.2 Å². The lowest BCUT2D eigenvalue weighted by Gasteiger charge is -2.07. The minimum atomic E-state index is -0.0579. The molecule has 2 aromatic rings. The third kappa shape index (κ3) is 2.91. The molecule has 1 aromatic heterocycles. The molecule has 4 heteroatoms. The maximum Gasteiger partial charge on any atom is 0.178 e. The van der Waals surface area contributed by atoms with Crippen LogP contribution in [0.25, 0.3) is 0 Å². The molecule has 0 saturated carbocycles. The van der Waals surface area contributed by atoms with Crippen molar-refractivity contribution in [1.29, 1.82) is 0 Å². The van der Waals surface area contributed by atoms with Gasteiger partial charge < -0.3 is 4.74 Å². The number of ether oxygens (including phenoxy) is 1. The Morgan fingerprint density at radius 1 is 1.24 bits per heavy atom. The van der Waals surface area contributed by atoms with E-state index in [1.165, 1.54) is 13.1 Å². The van der Waals surface area contributed by atoms with Gasteiger partial charge in [0, 0.05) is 6.92 Å². The summed E-state index contributed by atoms with van der Waals surface area (Å²) in [5, 5.41) is 0. The molecular formula is C13H10BrNO2. The molecule has 0 aliphatic carbocycles. The Morgan fingerprint density at radius 2 is 2.00 bits per heavy atom. The van der Waals surface area contributed by atoms with Crippen LogP contribution in [-0.2, 0) is 0 Å². The SMILES string of the molecule is CC(=O)c1ccc(Oc2ccccc2Br)cn1. The monoisotopic (exact) mass is 291 g/mol. The zero-order valence-corrected chi connectivity index (χ0v) is 10.8. The van der Waals surface area contributed by atoms with Crippen molar-refractivity contribution in [3.63, 3.8) is 0 Å². The average Bonchev–Trinajstić information content (AvgIpc) is 2.33. The van der Waals surface area contributed by atoms with Crippen LogP contribution in [0, 0.1) is 0 Å². The lowest BCUT2D eigenvalue weighted by Crippen LogP contribution is -1.96. The molecule has 0 amide bonds. The minimum Gasteiger partial charge on any atom is -0.455 e. The van der Waals surface area contributed by atoms with Gasteiger partial charge >= 0.3 is 0 Å². The maximum atomic E-state index is 11.1. The highest BCUT2D eigenvalue weighted by molar-refractivity contribution is 9.10. The first-order chi connectivity index (χ1) is 8.16. The summed E-state index contributed by atoms with van der Waals surface area (Å²) in [5.41, 5.74) is 0.435. The summed E-state index contributed by atoms with van der Waals surface area (Å²) < 4.78 is 6.49. The lowest BCUT2D eigenvalue weighted by molar-refractivity contribution is 0.101. The van der Waals surface area contributed by atoms with Gasteiger partial charge in [-0.3, -0.25) is 4.79 Å². The van der Waals surface area contributed by atoms with Crippen LogP contribution < -0.4 is 4.74 Å². The molecule has 1 aromatic carbocycles.